The molecule has 1 aliphatic heterocycles. The summed E-state index contributed by atoms with van der Waals surface area (Å²) in [7, 11) is 0. The van der Waals surface area contributed by atoms with Gasteiger partial charge in [0.15, 0.2) is 0 Å². The van der Waals surface area contributed by atoms with Crippen LogP contribution in [0.1, 0.15) is 37.3 Å². The number of imide groups is 1. The fourth-order valence-electron chi connectivity index (χ4n) is 2.88. The minimum absolute atomic E-state index is 0.106. The molecule has 140 valence electrons. The molecule has 1 atom stereocenters. The second kappa shape index (κ2) is 7.99. The molecule has 4 amide bonds. The first-order chi connectivity index (χ1) is 13.0. The zero-order chi connectivity index (χ0) is 19.4. The summed E-state index contributed by atoms with van der Waals surface area (Å²) in [5, 5.41) is 5.32. The van der Waals surface area contributed by atoms with E-state index in [0.29, 0.717) is 18.2 Å². The van der Waals surface area contributed by atoms with Gasteiger partial charge in [0.05, 0.1) is 12.1 Å². The van der Waals surface area contributed by atoms with Crippen molar-refractivity contribution in [3.05, 3.63) is 59.9 Å². The lowest BCUT2D eigenvalue weighted by atomic mass is 10.0. The average molecular weight is 366 g/mol. The molecule has 2 N–H and O–H groups in total. The molecule has 1 fully saturated rings. The molecule has 0 saturated carbocycles. The Balaban J connectivity index is 1.61. The fraction of sp³-hybridized carbons (Fsp3) is 0.300. The van der Waals surface area contributed by atoms with Crippen molar-refractivity contribution >= 4 is 23.5 Å². The Bertz CT molecular complexity index is 834. The molecule has 2 heterocycles. The first-order valence-corrected chi connectivity index (χ1v) is 8.85. The van der Waals surface area contributed by atoms with E-state index in [1.807, 2.05) is 18.2 Å². The van der Waals surface area contributed by atoms with Crippen molar-refractivity contribution in [3.8, 4) is 0 Å². The number of nitrogens with one attached hydrogen (secondary N) is 2. The summed E-state index contributed by atoms with van der Waals surface area (Å²) >= 11 is 0. The highest BCUT2D eigenvalue weighted by Crippen LogP contribution is 2.23. The van der Waals surface area contributed by atoms with Crippen molar-refractivity contribution in [1.29, 1.82) is 0 Å². The summed E-state index contributed by atoms with van der Waals surface area (Å²) in [6.07, 6.45) is 3.21. The van der Waals surface area contributed by atoms with Crippen LogP contribution >= 0.6 is 0 Å². The number of carbonyl (C=O) groups is 3. The summed E-state index contributed by atoms with van der Waals surface area (Å²) in [4.78, 5) is 42.0. The Kier molecular flexibility index (Phi) is 5.49. The van der Waals surface area contributed by atoms with Gasteiger partial charge in [-0.15, -0.1) is 0 Å². The van der Waals surface area contributed by atoms with Gasteiger partial charge in [0.1, 0.15) is 6.04 Å². The third-order valence-electron chi connectivity index (χ3n) is 4.44. The maximum absolute atomic E-state index is 12.6. The molecular weight excluding hydrogens is 344 g/mol. The van der Waals surface area contributed by atoms with Crippen LogP contribution in [0.4, 0.5) is 10.5 Å². The highest BCUT2D eigenvalue weighted by atomic mass is 16.2. The van der Waals surface area contributed by atoms with Crippen molar-refractivity contribution in [2.45, 2.75) is 38.8 Å². The van der Waals surface area contributed by atoms with Crippen LogP contribution < -0.4 is 15.5 Å². The van der Waals surface area contributed by atoms with Gasteiger partial charge in [-0.1, -0.05) is 32.0 Å². The molecule has 0 spiro atoms. The summed E-state index contributed by atoms with van der Waals surface area (Å²) < 4.78 is 0. The summed E-state index contributed by atoms with van der Waals surface area (Å²) in [6.45, 7) is 4.47. The average Bonchev–Trinajstić information content (AvgIpc) is 2.94. The Morgan fingerprint density at radius 2 is 1.96 bits per heavy atom. The van der Waals surface area contributed by atoms with Crippen LogP contribution in [0.15, 0.2) is 48.8 Å². The van der Waals surface area contributed by atoms with Gasteiger partial charge in [-0.05, 0) is 35.2 Å². The van der Waals surface area contributed by atoms with Gasteiger partial charge in [-0.2, -0.15) is 0 Å². The van der Waals surface area contributed by atoms with Crippen molar-refractivity contribution in [3.63, 3.8) is 0 Å². The van der Waals surface area contributed by atoms with Gasteiger partial charge >= 0.3 is 6.03 Å². The van der Waals surface area contributed by atoms with Crippen molar-refractivity contribution < 1.29 is 14.4 Å². The minimum atomic E-state index is -0.865. The van der Waals surface area contributed by atoms with E-state index < -0.39 is 18.0 Å². The molecule has 7 heteroatoms. The molecule has 0 aliphatic carbocycles. The quantitative estimate of drug-likeness (QED) is 0.768. The Morgan fingerprint density at radius 1 is 1.22 bits per heavy atom. The van der Waals surface area contributed by atoms with Gasteiger partial charge < -0.3 is 10.6 Å². The molecule has 0 unspecified atom stereocenters. The summed E-state index contributed by atoms with van der Waals surface area (Å²) in [5.41, 5.74) is 2.48. The topological polar surface area (TPSA) is 91.4 Å². The number of hydrogen-bond acceptors (Lipinski definition) is 4. The highest BCUT2D eigenvalue weighted by molar-refractivity contribution is 6.22. The molecule has 3 rings (SSSR count). The third-order valence-corrected chi connectivity index (χ3v) is 4.44. The standard InChI is InChI=1S/C20H22N4O3/c1-13(2)15-5-7-16(8-6-15)24-19(26)17(23-20(24)27)10-18(25)22-12-14-4-3-9-21-11-14/h3-9,11,13,17H,10,12H2,1-2H3,(H,22,25)(H,23,27)/t17-/m1/s1. The van der Waals surface area contributed by atoms with Gasteiger partial charge in [0.25, 0.3) is 5.91 Å². The number of nitrogens with zero attached hydrogens (tertiary/aromatic N) is 2. The zero-order valence-electron chi connectivity index (χ0n) is 15.3. The van der Waals surface area contributed by atoms with E-state index in [1.54, 1.807) is 30.6 Å². The van der Waals surface area contributed by atoms with Gasteiger partial charge in [-0.3, -0.25) is 14.6 Å². The van der Waals surface area contributed by atoms with Crippen LogP contribution in [0.5, 0.6) is 0 Å². The van der Waals surface area contributed by atoms with Crippen molar-refractivity contribution in [2.24, 2.45) is 0 Å². The van der Waals surface area contributed by atoms with Crippen LogP contribution in [0, 0.1) is 0 Å². The number of hydrogen-bond donors (Lipinski definition) is 2. The number of aromatic nitrogens is 1. The second-order valence-electron chi connectivity index (χ2n) is 6.76. The summed E-state index contributed by atoms with van der Waals surface area (Å²) in [5.74, 6) is -0.373. The number of anilines is 1. The predicted molar refractivity (Wildman–Crippen MR) is 101 cm³/mol. The van der Waals surface area contributed by atoms with E-state index in [-0.39, 0.29) is 12.3 Å². The zero-order valence-corrected chi connectivity index (χ0v) is 15.3. The van der Waals surface area contributed by atoms with E-state index in [1.165, 1.54) is 0 Å². The highest BCUT2D eigenvalue weighted by Gasteiger charge is 2.39. The van der Waals surface area contributed by atoms with Crippen molar-refractivity contribution in [1.82, 2.24) is 15.6 Å². The van der Waals surface area contributed by atoms with Crippen LogP contribution in [0.3, 0.4) is 0 Å². The largest absolute Gasteiger partial charge is 0.352 e. The number of carbonyl (C=O) groups excluding carboxylic acids is 3. The molecule has 1 aliphatic rings. The molecule has 7 nitrogen and oxygen atoms in total. The molecule has 0 radical (unpaired) electrons. The van der Waals surface area contributed by atoms with Gasteiger partial charge in [-0.25, -0.2) is 9.69 Å². The van der Waals surface area contributed by atoms with Gasteiger partial charge in [0.2, 0.25) is 5.91 Å². The van der Waals surface area contributed by atoms with Gasteiger partial charge in [0, 0.05) is 18.9 Å². The Morgan fingerprint density at radius 3 is 2.59 bits per heavy atom. The lowest BCUT2D eigenvalue weighted by molar-refractivity contribution is -0.125. The maximum Gasteiger partial charge on any atom is 0.329 e. The molecule has 2 aromatic rings. The molecule has 1 aromatic carbocycles. The predicted octanol–water partition coefficient (Wildman–Crippen LogP) is 2.34. The van der Waals surface area contributed by atoms with Crippen LogP contribution in [0.25, 0.3) is 0 Å². The number of pyridine rings is 1. The number of benzene rings is 1. The number of urea groups is 1. The lowest BCUT2D eigenvalue weighted by Gasteiger charge is -2.14. The first-order valence-electron chi connectivity index (χ1n) is 8.85. The normalized spacial score (nSPS) is 16.6. The monoisotopic (exact) mass is 366 g/mol. The number of rotatable bonds is 6. The molecule has 1 saturated heterocycles. The second-order valence-corrected chi connectivity index (χ2v) is 6.76. The smallest absolute Gasteiger partial charge is 0.329 e. The number of amides is 4. The van der Waals surface area contributed by atoms with Crippen LogP contribution in [0.2, 0.25) is 0 Å². The van der Waals surface area contributed by atoms with Crippen LogP contribution in [-0.2, 0) is 16.1 Å². The molecule has 27 heavy (non-hydrogen) atoms. The third kappa shape index (κ3) is 4.31. The molecular formula is C20H22N4O3. The SMILES string of the molecule is CC(C)c1ccc(N2C(=O)N[C@H](CC(=O)NCc3cccnc3)C2=O)cc1. The Hall–Kier alpha value is -3.22. The van der Waals surface area contributed by atoms with E-state index in [0.717, 1.165) is 16.0 Å². The first kappa shape index (κ1) is 18.6. The minimum Gasteiger partial charge on any atom is -0.352 e. The maximum atomic E-state index is 12.6. The molecule has 1 aromatic heterocycles. The van der Waals surface area contributed by atoms with Crippen LogP contribution in [-0.4, -0.2) is 28.9 Å². The lowest BCUT2D eigenvalue weighted by Crippen LogP contribution is -2.36. The Labute approximate surface area is 157 Å². The van der Waals surface area contributed by atoms with E-state index >= 15 is 0 Å². The fourth-order valence-corrected chi connectivity index (χ4v) is 2.88. The summed E-state index contributed by atoms with van der Waals surface area (Å²) in [6, 6.07) is 9.54. The van der Waals surface area contributed by atoms with E-state index in [9.17, 15) is 14.4 Å². The van der Waals surface area contributed by atoms with E-state index in [2.05, 4.69) is 29.5 Å². The van der Waals surface area contributed by atoms with Crippen molar-refractivity contribution in [2.75, 3.05) is 4.90 Å². The van der Waals surface area contributed by atoms with E-state index in [4.69, 9.17) is 0 Å². The molecule has 0 bridgehead atoms.